The lowest BCUT2D eigenvalue weighted by molar-refractivity contribution is -0.385. The molecular weight excluding hydrogens is 244 g/mol. The van der Waals surface area contributed by atoms with Crippen molar-refractivity contribution in [2.24, 2.45) is 5.92 Å². The van der Waals surface area contributed by atoms with Crippen molar-refractivity contribution in [1.82, 2.24) is 0 Å². The van der Waals surface area contributed by atoms with Crippen molar-refractivity contribution in [2.75, 3.05) is 11.9 Å². The zero-order valence-corrected chi connectivity index (χ0v) is 11.7. The topological polar surface area (TPSA) is 75.4 Å². The lowest BCUT2D eigenvalue weighted by Gasteiger charge is -2.21. The van der Waals surface area contributed by atoms with Crippen molar-refractivity contribution < 1.29 is 10.0 Å². The van der Waals surface area contributed by atoms with Gasteiger partial charge in [0.25, 0.3) is 5.69 Å². The Kier molecular flexibility index (Phi) is 5.76. The summed E-state index contributed by atoms with van der Waals surface area (Å²) in [5, 5.41) is 24.0. The van der Waals surface area contributed by atoms with Crippen molar-refractivity contribution >= 4 is 11.4 Å². The van der Waals surface area contributed by atoms with Crippen molar-refractivity contribution in [2.45, 2.75) is 39.7 Å². The highest BCUT2D eigenvalue weighted by molar-refractivity contribution is 5.59. The van der Waals surface area contributed by atoms with Gasteiger partial charge in [0.05, 0.1) is 11.0 Å². The lowest BCUT2D eigenvalue weighted by atomic mass is 9.96. The maximum atomic E-state index is 10.8. The van der Waals surface area contributed by atoms with Gasteiger partial charge in [-0.1, -0.05) is 32.8 Å². The van der Waals surface area contributed by atoms with Gasteiger partial charge in [-0.2, -0.15) is 0 Å². The molecule has 0 spiro atoms. The summed E-state index contributed by atoms with van der Waals surface area (Å²) in [5.41, 5.74) is 1.41. The molecule has 0 radical (unpaired) electrons. The molecule has 0 fully saturated rings. The summed E-state index contributed by atoms with van der Waals surface area (Å²) in [7, 11) is 0. The maximum absolute atomic E-state index is 10.8. The average molecular weight is 266 g/mol. The van der Waals surface area contributed by atoms with Gasteiger partial charge in [-0.25, -0.2) is 0 Å². The summed E-state index contributed by atoms with van der Waals surface area (Å²) in [6, 6.07) is 4.93. The third-order valence-corrected chi connectivity index (χ3v) is 3.60. The zero-order chi connectivity index (χ0) is 14.4. The second kappa shape index (κ2) is 7.09. The van der Waals surface area contributed by atoms with Gasteiger partial charge >= 0.3 is 0 Å². The Morgan fingerprint density at radius 2 is 2.00 bits per heavy atom. The summed E-state index contributed by atoms with van der Waals surface area (Å²) in [6.45, 7) is 6.23. The summed E-state index contributed by atoms with van der Waals surface area (Å²) >= 11 is 0. The second-order valence-corrected chi connectivity index (χ2v) is 4.73. The number of nitrogens with zero attached hydrogens (tertiary/aromatic N) is 1. The first-order valence-corrected chi connectivity index (χ1v) is 6.67. The fourth-order valence-electron chi connectivity index (χ4n) is 2.23. The molecule has 106 valence electrons. The van der Waals surface area contributed by atoms with Gasteiger partial charge in [0, 0.05) is 23.9 Å². The number of hydrogen-bond acceptors (Lipinski definition) is 4. The molecule has 1 aromatic rings. The molecule has 2 N–H and O–H groups in total. The first kappa shape index (κ1) is 15.4. The predicted octanol–water partition coefficient (Wildman–Crippen LogP) is 3.11. The van der Waals surface area contributed by atoms with Crippen molar-refractivity contribution in [3.8, 4) is 0 Å². The third-order valence-electron chi connectivity index (χ3n) is 3.60. The minimum atomic E-state index is -0.436. The van der Waals surface area contributed by atoms with Gasteiger partial charge in [-0.3, -0.25) is 10.1 Å². The third kappa shape index (κ3) is 3.92. The molecule has 1 rings (SSSR count). The molecule has 5 heteroatoms. The number of anilines is 1. The molecule has 1 aromatic carbocycles. The van der Waals surface area contributed by atoms with Crippen LogP contribution in [0.2, 0.25) is 0 Å². The minimum Gasteiger partial charge on any atom is -0.391 e. The van der Waals surface area contributed by atoms with Gasteiger partial charge in [0.2, 0.25) is 0 Å². The molecule has 0 aliphatic heterocycles. The fourth-order valence-corrected chi connectivity index (χ4v) is 2.23. The van der Waals surface area contributed by atoms with E-state index < -0.39 is 11.0 Å². The fraction of sp³-hybridized carbons (Fsp3) is 0.571. The molecule has 0 saturated heterocycles. The lowest BCUT2D eigenvalue weighted by Crippen LogP contribution is -2.27. The minimum absolute atomic E-state index is 0.0991. The van der Waals surface area contributed by atoms with Gasteiger partial charge in [0.1, 0.15) is 0 Å². The smallest absolute Gasteiger partial charge is 0.274 e. The van der Waals surface area contributed by atoms with E-state index in [1.54, 1.807) is 19.1 Å². The van der Waals surface area contributed by atoms with Gasteiger partial charge in [-0.05, 0) is 18.9 Å². The van der Waals surface area contributed by atoms with Crippen molar-refractivity contribution in [3.05, 3.63) is 33.9 Å². The van der Waals surface area contributed by atoms with Crippen LogP contribution in [0, 0.1) is 23.0 Å². The Morgan fingerprint density at radius 3 is 2.53 bits per heavy atom. The van der Waals surface area contributed by atoms with Crippen molar-refractivity contribution in [1.29, 1.82) is 0 Å². The van der Waals surface area contributed by atoms with E-state index >= 15 is 0 Å². The van der Waals surface area contributed by atoms with E-state index in [9.17, 15) is 15.2 Å². The zero-order valence-electron chi connectivity index (χ0n) is 11.7. The Labute approximate surface area is 113 Å². The molecule has 0 aliphatic carbocycles. The van der Waals surface area contributed by atoms with Crippen LogP contribution in [0.25, 0.3) is 0 Å². The van der Waals surface area contributed by atoms with Crippen LogP contribution in [-0.4, -0.2) is 22.7 Å². The van der Waals surface area contributed by atoms with Crippen molar-refractivity contribution in [3.63, 3.8) is 0 Å². The maximum Gasteiger partial charge on any atom is 0.274 e. The number of rotatable bonds is 7. The Balaban J connectivity index is 2.73. The monoisotopic (exact) mass is 266 g/mol. The largest absolute Gasteiger partial charge is 0.391 e. The molecule has 19 heavy (non-hydrogen) atoms. The molecule has 0 heterocycles. The average Bonchev–Trinajstić information content (AvgIpc) is 2.38. The number of aliphatic hydroxyl groups is 1. The van der Waals surface area contributed by atoms with Crippen LogP contribution in [0.3, 0.4) is 0 Å². The number of aliphatic hydroxyl groups excluding tert-OH is 1. The number of hydrogen-bond donors (Lipinski definition) is 2. The first-order chi connectivity index (χ1) is 9.01. The SMILES string of the molecule is CCC(CC)C(O)CNc1cccc([N+](=O)[O-])c1C. The van der Waals surface area contributed by atoms with Crippen LogP contribution in [0.1, 0.15) is 32.3 Å². The van der Waals surface area contributed by atoms with E-state index in [-0.39, 0.29) is 11.6 Å². The molecule has 1 atom stereocenters. The molecule has 0 amide bonds. The summed E-state index contributed by atoms with van der Waals surface area (Å²) in [6.07, 6.45) is 1.41. The Morgan fingerprint density at radius 1 is 1.37 bits per heavy atom. The Bertz CT molecular complexity index is 431. The van der Waals surface area contributed by atoms with E-state index in [4.69, 9.17) is 0 Å². The molecule has 0 saturated carbocycles. The molecule has 0 aliphatic rings. The first-order valence-electron chi connectivity index (χ1n) is 6.67. The molecule has 5 nitrogen and oxygen atoms in total. The van der Waals surface area contributed by atoms with E-state index in [1.807, 2.05) is 0 Å². The molecule has 1 unspecified atom stereocenters. The standard InChI is InChI=1S/C14H22N2O3/c1-4-11(5-2)14(17)9-15-12-7-6-8-13(10(12)3)16(18)19/h6-8,11,14-15,17H,4-5,9H2,1-3H3. The summed E-state index contributed by atoms with van der Waals surface area (Å²) < 4.78 is 0. The number of nitro benzene ring substituents is 1. The Hall–Kier alpha value is -1.62. The summed E-state index contributed by atoms with van der Waals surface area (Å²) in [5.74, 6) is 0.256. The van der Waals surface area contributed by atoms with Crippen LogP contribution in [0.4, 0.5) is 11.4 Å². The number of benzene rings is 1. The van der Waals surface area contributed by atoms with Gasteiger partial charge in [0.15, 0.2) is 0 Å². The molecule has 0 aromatic heterocycles. The van der Waals surface area contributed by atoms with E-state index in [0.29, 0.717) is 17.8 Å². The van der Waals surface area contributed by atoms with Crippen LogP contribution >= 0.6 is 0 Å². The van der Waals surface area contributed by atoms with Gasteiger partial charge < -0.3 is 10.4 Å². The van der Waals surface area contributed by atoms with E-state index in [1.165, 1.54) is 6.07 Å². The second-order valence-electron chi connectivity index (χ2n) is 4.73. The normalized spacial score (nSPS) is 12.5. The van der Waals surface area contributed by atoms with Crippen LogP contribution in [0.15, 0.2) is 18.2 Å². The predicted molar refractivity (Wildman–Crippen MR) is 76.4 cm³/mol. The highest BCUT2D eigenvalue weighted by Gasteiger charge is 2.17. The van der Waals surface area contributed by atoms with E-state index in [2.05, 4.69) is 19.2 Å². The quantitative estimate of drug-likeness (QED) is 0.587. The van der Waals surface area contributed by atoms with Crippen LogP contribution in [0.5, 0.6) is 0 Å². The highest BCUT2D eigenvalue weighted by Crippen LogP contribution is 2.25. The summed E-state index contributed by atoms with van der Waals surface area (Å²) in [4.78, 5) is 10.5. The number of nitrogens with one attached hydrogen (secondary N) is 1. The van der Waals surface area contributed by atoms with Crippen LogP contribution < -0.4 is 5.32 Å². The van der Waals surface area contributed by atoms with Gasteiger partial charge in [-0.15, -0.1) is 0 Å². The molecule has 0 bridgehead atoms. The van der Waals surface area contributed by atoms with E-state index in [0.717, 1.165) is 12.8 Å². The number of nitro groups is 1. The van der Waals surface area contributed by atoms with Crippen LogP contribution in [-0.2, 0) is 0 Å². The molecular formula is C14H22N2O3. The highest BCUT2D eigenvalue weighted by atomic mass is 16.6.